The van der Waals surface area contributed by atoms with Crippen LogP contribution in [0, 0.1) is 25.5 Å². The van der Waals surface area contributed by atoms with Crippen molar-refractivity contribution in [3.05, 3.63) is 139 Å². The Hall–Kier alpha value is -6.88. The highest BCUT2D eigenvalue weighted by atomic mass is 19.1. The summed E-state index contributed by atoms with van der Waals surface area (Å²) in [6.45, 7) is 14.5. The summed E-state index contributed by atoms with van der Waals surface area (Å²) in [7, 11) is 0. The van der Waals surface area contributed by atoms with Crippen molar-refractivity contribution in [2.45, 2.75) is 122 Å². The number of halogens is 2. The highest BCUT2D eigenvalue weighted by Gasteiger charge is 2.53. The number of nitrogens with one attached hydrogen (secondary N) is 1. The Morgan fingerprint density at radius 3 is 2.32 bits per heavy atom. The van der Waals surface area contributed by atoms with Gasteiger partial charge in [0.05, 0.1) is 51.9 Å². The molecule has 12 rings (SSSR count). The highest BCUT2D eigenvalue weighted by molar-refractivity contribution is 6.00. The van der Waals surface area contributed by atoms with Crippen molar-refractivity contribution in [1.82, 2.24) is 48.3 Å². The second-order valence-corrected chi connectivity index (χ2v) is 20.8. The molecule has 8 aromatic rings. The quantitative estimate of drug-likeness (QED) is 0.159. The number of fused-ring (bicyclic) bond motifs is 3. The van der Waals surface area contributed by atoms with Crippen molar-refractivity contribution in [2.24, 2.45) is 0 Å². The van der Waals surface area contributed by atoms with E-state index in [1.54, 1.807) is 49.0 Å². The molecule has 0 bridgehead atoms. The minimum absolute atomic E-state index is 0.0640. The van der Waals surface area contributed by atoms with E-state index in [1.807, 2.05) is 41.0 Å². The molecule has 1 amide bonds. The first kappa shape index (κ1) is 42.5. The van der Waals surface area contributed by atoms with Crippen LogP contribution in [0.3, 0.4) is 0 Å². The third kappa shape index (κ3) is 6.37. The van der Waals surface area contributed by atoms with Gasteiger partial charge in [0, 0.05) is 47.4 Å². The second kappa shape index (κ2) is 14.6. The Labute approximate surface area is 388 Å². The minimum atomic E-state index is -0.833. The Morgan fingerprint density at radius 2 is 1.63 bits per heavy atom. The average Bonchev–Trinajstić information content (AvgIpc) is 3.99. The van der Waals surface area contributed by atoms with Gasteiger partial charge in [0.15, 0.2) is 11.6 Å². The lowest BCUT2D eigenvalue weighted by Gasteiger charge is -2.42. The third-order valence-corrected chi connectivity index (χ3v) is 15.0. The number of ether oxygens (including phenoxy) is 1. The van der Waals surface area contributed by atoms with Crippen LogP contribution in [0.2, 0.25) is 0 Å². The molecule has 68 heavy (non-hydrogen) atoms. The maximum Gasteiger partial charge on any atom is 0.438 e. The summed E-state index contributed by atoms with van der Waals surface area (Å²) in [6, 6.07) is 14.7. The number of hydrogen-bond donors (Lipinski definition) is 1. The van der Waals surface area contributed by atoms with Gasteiger partial charge in [0.2, 0.25) is 0 Å². The third-order valence-electron chi connectivity index (χ3n) is 15.0. The maximum absolute atomic E-state index is 16.5. The fourth-order valence-corrected chi connectivity index (χ4v) is 11.3. The molecule has 2 aliphatic carbocycles. The molecular formula is C51H52F2N10O5. The van der Waals surface area contributed by atoms with Crippen LogP contribution in [0.4, 0.5) is 8.78 Å². The zero-order valence-electron chi connectivity index (χ0n) is 39.1. The molecule has 7 heterocycles. The molecule has 0 unspecified atom stereocenters. The van der Waals surface area contributed by atoms with Crippen molar-refractivity contribution in [2.75, 3.05) is 13.2 Å². The number of carbonyl (C=O) groups excluding carboxylic acids is 1. The van der Waals surface area contributed by atoms with Crippen LogP contribution in [-0.4, -0.2) is 73.0 Å². The van der Waals surface area contributed by atoms with E-state index in [4.69, 9.17) is 14.4 Å². The number of imidazole rings is 1. The van der Waals surface area contributed by atoms with Crippen molar-refractivity contribution < 1.29 is 22.8 Å². The van der Waals surface area contributed by atoms with E-state index in [0.717, 1.165) is 42.1 Å². The van der Waals surface area contributed by atoms with E-state index < -0.39 is 34.3 Å². The largest absolute Gasteiger partial charge is 0.438 e. The Balaban J connectivity index is 1.02. The summed E-state index contributed by atoms with van der Waals surface area (Å²) in [5, 5.41) is 15.1. The number of aryl methyl sites for hydroxylation is 2. The molecule has 2 atom stereocenters. The van der Waals surface area contributed by atoms with Crippen molar-refractivity contribution in [3.8, 4) is 17.2 Å². The van der Waals surface area contributed by atoms with Crippen molar-refractivity contribution in [1.29, 1.82) is 0 Å². The first-order valence-electron chi connectivity index (χ1n) is 23.5. The molecule has 2 aliphatic heterocycles. The summed E-state index contributed by atoms with van der Waals surface area (Å²) in [5.74, 6) is -0.893. The summed E-state index contributed by atoms with van der Waals surface area (Å²) < 4.78 is 51.1. The molecule has 4 aliphatic rings. The number of nitrogens with zero attached hydrogens (tertiary/aromatic N) is 9. The number of aromatic nitrogens is 9. The predicted molar refractivity (Wildman–Crippen MR) is 249 cm³/mol. The van der Waals surface area contributed by atoms with Crippen LogP contribution in [0.25, 0.3) is 39.0 Å². The van der Waals surface area contributed by atoms with Gasteiger partial charge in [-0.3, -0.25) is 28.1 Å². The lowest BCUT2D eigenvalue weighted by Crippen LogP contribution is -2.48. The second-order valence-electron chi connectivity index (χ2n) is 20.8. The smallest absolute Gasteiger partial charge is 0.376 e. The van der Waals surface area contributed by atoms with Crippen LogP contribution in [0.15, 0.2) is 81.2 Å². The number of carbonyl (C=O) groups is 1. The average molecular weight is 923 g/mol. The standard InChI is InChI=1S/C51H52F2N10O5/c1-27-20-34(21-28(2)41(27)52)63-44(59-18-17-58(48(59)66)38-13-12-37-35(42(38)53)25-54-62(37)33-9-10-33)40-29(3)60(26-49(4,5)43(40)56-63)45(64)39-23-32-22-30(31-14-19-67-50(6,7)24-31)8-11-36(32)61(39)51(15-16-51)46-55-47(65)68-57-46/h8,11-13,17-18,20-23,25,29,31,33H,9-10,14-16,19,24,26H2,1-7H3,(H,55,57,65)/t29-,31-/m0/s1. The predicted octanol–water partition coefficient (Wildman–Crippen LogP) is 8.73. The Bertz CT molecular complexity index is 3510. The summed E-state index contributed by atoms with van der Waals surface area (Å²) >= 11 is 0. The molecule has 5 aromatic heterocycles. The summed E-state index contributed by atoms with van der Waals surface area (Å²) in [4.78, 5) is 47.7. The normalized spacial score (nSPS) is 20.6. The van der Waals surface area contributed by atoms with Crippen LogP contribution in [-0.2, 0) is 15.7 Å². The lowest BCUT2D eigenvalue weighted by molar-refractivity contribution is -0.0592. The summed E-state index contributed by atoms with van der Waals surface area (Å²) in [6.07, 6.45) is 9.56. The van der Waals surface area contributed by atoms with Gasteiger partial charge in [0.25, 0.3) is 5.91 Å². The van der Waals surface area contributed by atoms with Crippen molar-refractivity contribution >= 4 is 27.7 Å². The van der Waals surface area contributed by atoms with E-state index in [0.29, 0.717) is 75.8 Å². The Kier molecular flexibility index (Phi) is 9.10. The van der Waals surface area contributed by atoms with Gasteiger partial charge in [-0.1, -0.05) is 25.1 Å². The van der Waals surface area contributed by atoms with Crippen LogP contribution >= 0.6 is 0 Å². The molecule has 350 valence electrons. The molecule has 3 fully saturated rings. The fraction of sp³-hybridized carbons (Fsp3) is 0.412. The molecule has 15 nitrogen and oxygen atoms in total. The van der Waals surface area contributed by atoms with Gasteiger partial charge in [-0.2, -0.15) is 10.2 Å². The maximum atomic E-state index is 16.5. The van der Waals surface area contributed by atoms with Crippen LogP contribution in [0.5, 0.6) is 0 Å². The minimum Gasteiger partial charge on any atom is -0.376 e. The molecule has 1 N–H and O–H groups in total. The van der Waals surface area contributed by atoms with Gasteiger partial charge in [0.1, 0.15) is 22.9 Å². The number of rotatable bonds is 8. The number of aromatic amines is 1. The van der Waals surface area contributed by atoms with E-state index in [9.17, 15) is 9.59 Å². The first-order chi connectivity index (χ1) is 32.4. The highest BCUT2D eigenvalue weighted by Crippen LogP contribution is 2.52. The zero-order chi connectivity index (χ0) is 47.3. The molecule has 1 saturated heterocycles. The van der Waals surface area contributed by atoms with Crippen molar-refractivity contribution in [3.63, 3.8) is 0 Å². The van der Waals surface area contributed by atoms with Gasteiger partial charge >= 0.3 is 11.4 Å². The lowest BCUT2D eigenvalue weighted by atomic mass is 9.80. The van der Waals surface area contributed by atoms with Crippen LogP contribution < -0.4 is 11.4 Å². The molecule has 0 spiro atoms. The fourth-order valence-electron chi connectivity index (χ4n) is 11.3. The zero-order valence-corrected chi connectivity index (χ0v) is 39.1. The molecule has 0 radical (unpaired) electrons. The number of hydrogen-bond acceptors (Lipinski definition) is 8. The van der Waals surface area contributed by atoms with E-state index in [2.05, 4.69) is 47.3 Å². The molecule has 17 heteroatoms. The monoisotopic (exact) mass is 922 g/mol. The summed E-state index contributed by atoms with van der Waals surface area (Å²) in [5.41, 5.74) is 3.28. The molecular weight excluding hydrogens is 871 g/mol. The van der Waals surface area contributed by atoms with E-state index in [1.165, 1.54) is 21.5 Å². The topological polar surface area (TPSA) is 156 Å². The van der Waals surface area contributed by atoms with Gasteiger partial charge in [-0.05, 0) is 138 Å². The van der Waals surface area contributed by atoms with Crippen LogP contribution in [0.1, 0.15) is 135 Å². The molecule has 2 saturated carbocycles. The number of H-pyrrole nitrogens is 1. The SMILES string of the molecule is Cc1cc(-n2nc3c(c2-n2ccn(-c4ccc5c(cnn5C5CC5)c4F)c2=O)[C@H](C)N(C(=O)c2cc4cc([C@H]5CCOC(C)(C)C5)ccc4n2C2(c4noc(=O)[nH]4)CC2)CC3(C)C)cc(C)c1F. The molecule has 3 aromatic carbocycles. The van der Waals surface area contributed by atoms with E-state index >= 15 is 13.6 Å². The number of amides is 1. The van der Waals surface area contributed by atoms with Gasteiger partial charge in [-0.15, -0.1) is 0 Å². The Morgan fingerprint density at radius 1 is 0.897 bits per heavy atom. The van der Waals surface area contributed by atoms with E-state index in [-0.39, 0.29) is 41.5 Å². The first-order valence-corrected chi connectivity index (χ1v) is 23.5. The van der Waals surface area contributed by atoms with Gasteiger partial charge in [-0.25, -0.2) is 23.1 Å². The number of benzene rings is 3. The van der Waals surface area contributed by atoms with Gasteiger partial charge < -0.3 is 14.2 Å².